The summed E-state index contributed by atoms with van der Waals surface area (Å²) in [7, 11) is 0. The molecule has 2 heterocycles. The van der Waals surface area contributed by atoms with Gasteiger partial charge in [-0.15, -0.1) is 0 Å². The minimum absolute atomic E-state index is 0.228. The predicted molar refractivity (Wildman–Crippen MR) is 96.9 cm³/mol. The van der Waals surface area contributed by atoms with Crippen LogP contribution in [-0.2, 0) is 19.2 Å². The summed E-state index contributed by atoms with van der Waals surface area (Å²) in [5.74, 6) is 0. The van der Waals surface area contributed by atoms with Crippen LogP contribution in [0.15, 0.2) is 23.9 Å². The van der Waals surface area contributed by atoms with Gasteiger partial charge in [-0.05, 0) is 31.1 Å². The van der Waals surface area contributed by atoms with E-state index in [2.05, 4.69) is 17.6 Å². The lowest BCUT2D eigenvalue weighted by molar-refractivity contribution is -0.521. The molecule has 9 heteroatoms. The van der Waals surface area contributed by atoms with Gasteiger partial charge in [0, 0.05) is 12.2 Å². The van der Waals surface area contributed by atoms with Crippen molar-refractivity contribution >= 4 is 17.3 Å². The molecular formula is C17H26N2O6S. The molecule has 26 heavy (non-hydrogen) atoms. The van der Waals surface area contributed by atoms with Crippen molar-refractivity contribution in [2.75, 3.05) is 13.2 Å². The first kappa shape index (κ1) is 19.7. The van der Waals surface area contributed by atoms with E-state index < -0.39 is 30.7 Å². The smallest absolute Gasteiger partial charge is 0.187 e. The zero-order valence-corrected chi connectivity index (χ0v) is 15.5. The van der Waals surface area contributed by atoms with Gasteiger partial charge in [0.2, 0.25) is 0 Å². The van der Waals surface area contributed by atoms with Gasteiger partial charge >= 0.3 is 0 Å². The van der Waals surface area contributed by atoms with Crippen LogP contribution in [0.1, 0.15) is 26.2 Å². The van der Waals surface area contributed by atoms with Gasteiger partial charge in [0.1, 0.15) is 12.2 Å². The number of aliphatic hydroxyl groups is 2. The van der Waals surface area contributed by atoms with Crippen molar-refractivity contribution in [1.29, 1.82) is 0 Å². The summed E-state index contributed by atoms with van der Waals surface area (Å²) < 4.78 is 11.4. The summed E-state index contributed by atoms with van der Waals surface area (Å²) in [6, 6.07) is 0. The standard InChI is InChI=1S/C17H26N2O6S/c1-2-3-8-18-17(26)19-10-4-6-11(7-5-10)22-16-13(21)15-14(24-25-15)12(9-20)23-16/h4-6,11-16,20-21H,2-3,7-9H2,1H3,(H2,18,19,26). The van der Waals surface area contributed by atoms with Crippen LogP contribution >= 0.6 is 12.2 Å². The highest BCUT2D eigenvalue weighted by atomic mass is 32.1. The molecule has 146 valence electrons. The number of fused-ring (bicyclic) bond motifs is 1. The van der Waals surface area contributed by atoms with E-state index in [-0.39, 0.29) is 12.7 Å². The molecule has 6 unspecified atom stereocenters. The minimum Gasteiger partial charge on any atom is -0.394 e. The molecule has 0 amide bonds. The van der Waals surface area contributed by atoms with E-state index >= 15 is 0 Å². The molecule has 2 fully saturated rings. The van der Waals surface area contributed by atoms with Crippen molar-refractivity contribution in [2.45, 2.75) is 63.0 Å². The van der Waals surface area contributed by atoms with Crippen LogP contribution in [0.2, 0.25) is 0 Å². The topological polar surface area (TPSA) is 101 Å². The molecule has 8 nitrogen and oxygen atoms in total. The number of hydrogen-bond acceptors (Lipinski definition) is 7. The normalized spacial score (nSPS) is 35.9. The zero-order valence-electron chi connectivity index (χ0n) is 14.7. The van der Waals surface area contributed by atoms with Crippen LogP contribution in [-0.4, -0.2) is 65.3 Å². The van der Waals surface area contributed by atoms with E-state index in [1.165, 1.54) is 0 Å². The van der Waals surface area contributed by atoms with Crippen LogP contribution in [0.5, 0.6) is 0 Å². The molecule has 0 spiro atoms. The Bertz CT molecular complexity index is 553. The van der Waals surface area contributed by atoms with Crippen molar-refractivity contribution in [2.24, 2.45) is 0 Å². The Morgan fingerprint density at radius 3 is 2.81 bits per heavy atom. The molecular weight excluding hydrogens is 360 g/mol. The molecule has 2 aliphatic heterocycles. The maximum Gasteiger partial charge on any atom is 0.187 e. The lowest BCUT2D eigenvalue weighted by Crippen LogP contribution is -2.66. The highest BCUT2D eigenvalue weighted by Crippen LogP contribution is 2.34. The van der Waals surface area contributed by atoms with Crippen LogP contribution < -0.4 is 10.6 Å². The largest absolute Gasteiger partial charge is 0.394 e. The fourth-order valence-electron chi connectivity index (χ4n) is 2.97. The third kappa shape index (κ3) is 4.61. The van der Waals surface area contributed by atoms with Gasteiger partial charge in [-0.3, -0.25) is 0 Å². The SMILES string of the molecule is CCCCNC(=S)NC1=CCC(OC2OC(CO)C3OOC3C2O)C=C1. The van der Waals surface area contributed by atoms with Gasteiger partial charge in [0.15, 0.2) is 23.6 Å². The zero-order chi connectivity index (χ0) is 18.5. The third-order valence-electron chi connectivity index (χ3n) is 4.52. The second kappa shape index (κ2) is 9.23. The summed E-state index contributed by atoms with van der Waals surface area (Å²) in [5.41, 5.74) is 0.896. The first-order valence-corrected chi connectivity index (χ1v) is 9.38. The molecule has 0 aromatic heterocycles. The first-order valence-electron chi connectivity index (χ1n) is 8.97. The van der Waals surface area contributed by atoms with Crippen LogP contribution in [0.3, 0.4) is 0 Å². The Morgan fingerprint density at radius 1 is 1.38 bits per heavy atom. The first-order chi connectivity index (χ1) is 12.6. The number of allylic oxidation sites excluding steroid dienone is 1. The molecule has 2 saturated heterocycles. The maximum absolute atomic E-state index is 10.3. The lowest BCUT2D eigenvalue weighted by Gasteiger charge is -2.48. The van der Waals surface area contributed by atoms with Crippen LogP contribution in [0, 0.1) is 0 Å². The molecule has 6 atom stereocenters. The summed E-state index contributed by atoms with van der Waals surface area (Å²) >= 11 is 5.25. The van der Waals surface area contributed by atoms with E-state index in [4.69, 9.17) is 31.5 Å². The van der Waals surface area contributed by atoms with Crippen LogP contribution in [0.25, 0.3) is 0 Å². The van der Waals surface area contributed by atoms with E-state index in [0.29, 0.717) is 11.5 Å². The van der Waals surface area contributed by atoms with Crippen molar-refractivity contribution in [1.82, 2.24) is 10.6 Å². The van der Waals surface area contributed by atoms with E-state index in [0.717, 1.165) is 25.1 Å². The quantitative estimate of drug-likeness (QED) is 0.279. The Balaban J connectivity index is 1.45. The number of thiocarbonyl (C=S) groups is 1. The van der Waals surface area contributed by atoms with Crippen molar-refractivity contribution in [3.05, 3.63) is 23.9 Å². The van der Waals surface area contributed by atoms with Crippen molar-refractivity contribution in [3.8, 4) is 0 Å². The fraction of sp³-hybridized carbons (Fsp3) is 0.706. The average Bonchev–Trinajstić information content (AvgIpc) is 2.60. The monoisotopic (exact) mass is 386 g/mol. The summed E-state index contributed by atoms with van der Waals surface area (Å²) in [4.78, 5) is 9.80. The number of hydrogen-bond donors (Lipinski definition) is 4. The third-order valence-corrected chi connectivity index (χ3v) is 4.76. The molecule has 3 rings (SSSR count). The van der Waals surface area contributed by atoms with Gasteiger partial charge in [-0.2, -0.15) is 0 Å². The Labute approximate surface area is 158 Å². The van der Waals surface area contributed by atoms with Crippen molar-refractivity contribution in [3.63, 3.8) is 0 Å². The molecule has 0 aromatic carbocycles. The molecule has 4 N–H and O–H groups in total. The molecule has 0 bridgehead atoms. The van der Waals surface area contributed by atoms with E-state index in [9.17, 15) is 10.2 Å². The van der Waals surface area contributed by atoms with E-state index in [1.807, 2.05) is 18.2 Å². The van der Waals surface area contributed by atoms with E-state index in [1.54, 1.807) is 0 Å². The molecule has 0 radical (unpaired) electrons. The minimum atomic E-state index is -0.969. The van der Waals surface area contributed by atoms with Gasteiger partial charge in [0.25, 0.3) is 0 Å². The number of rotatable bonds is 7. The Kier molecular flexibility index (Phi) is 6.98. The second-order valence-electron chi connectivity index (χ2n) is 6.50. The summed E-state index contributed by atoms with van der Waals surface area (Å²) in [6.45, 7) is 2.75. The summed E-state index contributed by atoms with van der Waals surface area (Å²) in [5, 5.41) is 26.5. The molecule has 1 aliphatic carbocycles. The highest BCUT2D eigenvalue weighted by molar-refractivity contribution is 7.80. The lowest BCUT2D eigenvalue weighted by atomic mass is 9.97. The predicted octanol–water partition coefficient (Wildman–Crippen LogP) is 0.257. The highest BCUT2D eigenvalue weighted by Gasteiger charge is 2.54. The number of aliphatic hydroxyl groups excluding tert-OH is 2. The molecule has 0 aromatic rings. The second-order valence-corrected chi connectivity index (χ2v) is 6.91. The van der Waals surface area contributed by atoms with Gasteiger partial charge in [-0.25, -0.2) is 9.78 Å². The van der Waals surface area contributed by atoms with Gasteiger partial charge < -0.3 is 30.3 Å². The van der Waals surface area contributed by atoms with Gasteiger partial charge in [0.05, 0.1) is 12.7 Å². The Hall–Kier alpha value is -1.07. The number of unbranched alkanes of at least 4 members (excludes halogenated alkanes) is 1. The van der Waals surface area contributed by atoms with Gasteiger partial charge in [-0.1, -0.05) is 25.5 Å². The Morgan fingerprint density at radius 2 is 2.19 bits per heavy atom. The van der Waals surface area contributed by atoms with Crippen LogP contribution in [0.4, 0.5) is 0 Å². The van der Waals surface area contributed by atoms with Crippen molar-refractivity contribution < 1.29 is 29.5 Å². The molecule has 3 aliphatic rings. The molecule has 0 saturated carbocycles. The number of ether oxygens (including phenoxy) is 2. The average molecular weight is 386 g/mol. The fourth-order valence-corrected chi connectivity index (χ4v) is 3.19. The number of nitrogens with one attached hydrogen (secondary N) is 2. The maximum atomic E-state index is 10.3. The summed E-state index contributed by atoms with van der Waals surface area (Å²) in [6.07, 6.45) is 4.85.